The Kier molecular flexibility index (Phi) is 6.25. The van der Waals surface area contributed by atoms with Crippen LogP contribution in [0.4, 0.5) is 0 Å². The van der Waals surface area contributed by atoms with E-state index >= 15 is 0 Å². The van der Waals surface area contributed by atoms with Crippen LogP contribution in [0.1, 0.15) is 77.6 Å². The first-order valence-electron chi connectivity index (χ1n) is 10.5. The molecule has 30 heavy (non-hydrogen) atoms. The van der Waals surface area contributed by atoms with E-state index in [0.29, 0.717) is 17.2 Å². The lowest BCUT2D eigenvalue weighted by Crippen LogP contribution is -2.27. The van der Waals surface area contributed by atoms with Gasteiger partial charge in [-0.15, -0.1) is 11.3 Å². The average molecular weight is 416 g/mol. The van der Waals surface area contributed by atoms with Crippen LogP contribution in [0, 0.1) is 11.3 Å². The van der Waals surface area contributed by atoms with Crippen LogP contribution in [0.25, 0.3) is 10.4 Å². The number of amides is 1. The highest BCUT2D eigenvalue weighted by atomic mass is 32.1. The molecule has 4 rings (SSSR count). The smallest absolute Gasteiger partial charge is 0.271 e. The summed E-state index contributed by atoms with van der Waals surface area (Å²) in [5, 5.41) is 13.3. The maximum atomic E-state index is 13.2. The van der Waals surface area contributed by atoms with Gasteiger partial charge in [-0.1, -0.05) is 61.7 Å². The Morgan fingerprint density at radius 2 is 1.80 bits per heavy atom. The zero-order chi connectivity index (χ0) is 20.9. The van der Waals surface area contributed by atoms with E-state index in [9.17, 15) is 4.79 Å². The summed E-state index contributed by atoms with van der Waals surface area (Å²) in [7, 11) is 0. The van der Waals surface area contributed by atoms with Crippen LogP contribution in [0.15, 0.2) is 54.6 Å². The number of thiazole rings is 1. The molecule has 1 aromatic heterocycles. The van der Waals surface area contributed by atoms with Crippen molar-refractivity contribution in [3.8, 4) is 16.5 Å². The highest BCUT2D eigenvalue weighted by Gasteiger charge is 2.26. The molecule has 1 aliphatic carbocycles. The first-order valence-corrected chi connectivity index (χ1v) is 11.3. The van der Waals surface area contributed by atoms with Gasteiger partial charge in [0, 0.05) is 5.92 Å². The molecule has 3 aromatic rings. The molecule has 1 heterocycles. The summed E-state index contributed by atoms with van der Waals surface area (Å²) >= 11 is 1.63. The van der Waals surface area contributed by atoms with Crippen molar-refractivity contribution in [3.05, 3.63) is 76.4 Å². The van der Waals surface area contributed by atoms with Crippen molar-refractivity contribution in [1.29, 1.82) is 5.26 Å². The number of hydrogen-bond donors (Lipinski definition) is 1. The summed E-state index contributed by atoms with van der Waals surface area (Å²) in [5.41, 5.74) is 3.10. The molecule has 0 unspecified atom stereocenters. The predicted octanol–water partition coefficient (Wildman–Crippen LogP) is 6.22. The summed E-state index contributed by atoms with van der Waals surface area (Å²) in [6.07, 6.45) is 6.02. The Labute approximate surface area is 181 Å². The van der Waals surface area contributed by atoms with Gasteiger partial charge in [-0.05, 0) is 43.0 Å². The fourth-order valence-corrected chi connectivity index (χ4v) is 5.23. The number of benzene rings is 2. The van der Waals surface area contributed by atoms with Crippen LogP contribution in [0.5, 0.6) is 0 Å². The lowest BCUT2D eigenvalue weighted by molar-refractivity contribution is 0.0936. The maximum Gasteiger partial charge on any atom is 0.271 e. The summed E-state index contributed by atoms with van der Waals surface area (Å²) in [4.78, 5) is 19.0. The number of carbonyl (C=O) groups is 1. The Morgan fingerprint density at radius 3 is 2.47 bits per heavy atom. The van der Waals surface area contributed by atoms with E-state index < -0.39 is 0 Å². The normalized spacial score (nSPS) is 15.3. The second-order valence-electron chi connectivity index (χ2n) is 7.86. The van der Waals surface area contributed by atoms with Gasteiger partial charge in [0.15, 0.2) is 0 Å². The average Bonchev–Trinajstić information content (AvgIpc) is 3.26. The van der Waals surface area contributed by atoms with Crippen molar-refractivity contribution in [2.24, 2.45) is 0 Å². The first-order chi connectivity index (χ1) is 14.7. The summed E-state index contributed by atoms with van der Waals surface area (Å²) in [5.74, 6) is 0.290. The van der Waals surface area contributed by atoms with Gasteiger partial charge in [0.1, 0.15) is 5.69 Å². The molecule has 0 radical (unpaired) electrons. The molecule has 1 fully saturated rings. The molecule has 0 aliphatic heterocycles. The molecule has 0 saturated heterocycles. The van der Waals surface area contributed by atoms with Crippen LogP contribution >= 0.6 is 11.3 Å². The minimum atomic E-state index is -0.149. The van der Waals surface area contributed by atoms with Gasteiger partial charge in [-0.3, -0.25) is 4.79 Å². The van der Waals surface area contributed by atoms with E-state index in [1.165, 1.54) is 19.3 Å². The zero-order valence-electron chi connectivity index (χ0n) is 17.1. The second-order valence-corrected chi connectivity index (χ2v) is 8.89. The molecule has 1 N–H and O–H groups in total. The Balaban J connectivity index is 1.66. The van der Waals surface area contributed by atoms with Crippen LogP contribution < -0.4 is 5.32 Å². The lowest BCUT2D eigenvalue weighted by atomic mass is 9.90. The van der Waals surface area contributed by atoms with Gasteiger partial charge in [-0.25, -0.2) is 4.98 Å². The van der Waals surface area contributed by atoms with Crippen molar-refractivity contribution in [2.75, 3.05) is 0 Å². The van der Waals surface area contributed by atoms with E-state index in [2.05, 4.69) is 11.4 Å². The van der Waals surface area contributed by atoms with Gasteiger partial charge >= 0.3 is 0 Å². The first kappa shape index (κ1) is 20.3. The Morgan fingerprint density at radius 1 is 1.10 bits per heavy atom. The van der Waals surface area contributed by atoms with Gasteiger partial charge in [-0.2, -0.15) is 5.26 Å². The van der Waals surface area contributed by atoms with Crippen LogP contribution in [0.2, 0.25) is 0 Å². The lowest BCUT2D eigenvalue weighted by Gasteiger charge is -2.18. The number of carbonyl (C=O) groups excluding carboxylic acids is 1. The van der Waals surface area contributed by atoms with Crippen LogP contribution in [-0.4, -0.2) is 10.9 Å². The molecule has 1 saturated carbocycles. The number of rotatable bonds is 5. The van der Waals surface area contributed by atoms with E-state index in [-0.39, 0.29) is 11.9 Å². The largest absolute Gasteiger partial charge is 0.344 e. The fourth-order valence-electron chi connectivity index (χ4n) is 4.00. The Hall–Kier alpha value is -2.97. The number of aromatic nitrogens is 1. The van der Waals surface area contributed by atoms with E-state index in [1.807, 2.05) is 49.4 Å². The third-order valence-corrected chi connectivity index (χ3v) is 7.00. The summed E-state index contributed by atoms with van der Waals surface area (Å²) in [6.45, 7) is 1.99. The number of nitrogens with one attached hydrogen (secondary N) is 1. The molecule has 1 atom stereocenters. The van der Waals surface area contributed by atoms with Crippen molar-refractivity contribution >= 4 is 17.2 Å². The molecule has 152 valence electrons. The van der Waals surface area contributed by atoms with E-state index in [0.717, 1.165) is 33.9 Å². The molecular formula is C25H25N3OS. The van der Waals surface area contributed by atoms with E-state index in [4.69, 9.17) is 10.2 Å². The monoisotopic (exact) mass is 415 g/mol. The fraction of sp³-hybridized carbons (Fsp3) is 0.320. The Bertz CT molecular complexity index is 1040. The predicted molar refractivity (Wildman–Crippen MR) is 120 cm³/mol. The van der Waals surface area contributed by atoms with Crippen molar-refractivity contribution < 1.29 is 4.79 Å². The molecule has 1 aliphatic rings. The summed E-state index contributed by atoms with van der Waals surface area (Å²) < 4.78 is 0. The highest BCUT2D eigenvalue weighted by molar-refractivity contribution is 7.15. The quantitative estimate of drug-likeness (QED) is 0.538. The maximum absolute atomic E-state index is 13.2. The van der Waals surface area contributed by atoms with Crippen molar-refractivity contribution in [2.45, 2.75) is 51.0 Å². The second kappa shape index (κ2) is 9.23. The number of nitriles is 1. The standard InChI is InChI=1S/C25H25N3OS/c1-17(19-8-4-2-5-9-19)27-24(29)22-23(20-14-12-18(16-26)13-15-20)30-25(28-22)21-10-6-3-7-11-21/h2,4-5,8-9,12-15,17,21H,3,6-7,10-11H2,1H3,(H,27,29)/t17-/m1/s1. The van der Waals surface area contributed by atoms with Crippen molar-refractivity contribution in [1.82, 2.24) is 10.3 Å². The van der Waals surface area contributed by atoms with Crippen molar-refractivity contribution in [3.63, 3.8) is 0 Å². The van der Waals surface area contributed by atoms with Gasteiger partial charge < -0.3 is 5.32 Å². The van der Waals surface area contributed by atoms with Crippen LogP contribution in [-0.2, 0) is 0 Å². The SMILES string of the molecule is C[C@@H](NC(=O)c1nc(C2CCCCC2)sc1-c1ccc(C#N)cc1)c1ccccc1. The topological polar surface area (TPSA) is 65.8 Å². The third-order valence-electron chi connectivity index (χ3n) is 5.74. The van der Waals surface area contributed by atoms with Gasteiger partial charge in [0.2, 0.25) is 0 Å². The molecule has 0 bridgehead atoms. The minimum absolute atomic E-state index is 0.104. The molecule has 4 nitrogen and oxygen atoms in total. The van der Waals surface area contributed by atoms with Gasteiger partial charge in [0.05, 0.1) is 27.6 Å². The molecule has 2 aromatic carbocycles. The van der Waals surface area contributed by atoms with Gasteiger partial charge in [0.25, 0.3) is 5.91 Å². The molecular weight excluding hydrogens is 390 g/mol. The molecule has 1 amide bonds. The zero-order valence-corrected chi connectivity index (χ0v) is 17.9. The van der Waals surface area contributed by atoms with Crippen LogP contribution in [0.3, 0.4) is 0 Å². The third kappa shape index (κ3) is 4.44. The molecule has 5 heteroatoms. The highest BCUT2D eigenvalue weighted by Crippen LogP contribution is 2.39. The van der Waals surface area contributed by atoms with E-state index in [1.54, 1.807) is 23.5 Å². The minimum Gasteiger partial charge on any atom is -0.344 e. The number of hydrogen-bond acceptors (Lipinski definition) is 4. The molecule has 0 spiro atoms. The number of nitrogens with zero attached hydrogens (tertiary/aromatic N) is 2. The summed E-state index contributed by atoms with van der Waals surface area (Å²) in [6, 6.07) is 19.4.